The number of rotatable bonds is 4. The van der Waals surface area contributed by atoms with E-state index in [-0.39, 0.29) is 5.92 Å². The summed E-state index contributed by atoms with van der Waals surface area (Å²) in [6.07, 6.45) is 4.26. The molecule has 3 nitrogen and oxygen atoms in total. The van der Waals surface area contributed by atoms with E-state index >= 15 is 0 Å². The van der Waals surface area contributed by atoms with Crippen LogP contribution in [0.2, 0.25) is 0 Å². The fourth-order valence-electron chi connectivity index (χ4n) is 3.16. The normalized spacial score (nSPS) is 36.5. The highest BCUT2D eigenvalue weighted by Gasteiger charge is 2.35. The monoisotopic (exact) mass is 211 g/mol. The molecule has 1 N–H and O–H groups in total. The molecule has 0 radical (unpaired) electrons. The summed E-state index contributed by atoms with van der Waals surface area (Å²) in [5.74, 6) is 0.737. The average Bonchev–Trinajstić information content (AvgIpc) is 2.27. The Morgan fingerprint density at radius 2 is 2.13 bits per heavy atom. The van der Waals surface area contributed by atoms with Gasteiger partial charge in [-0.2, -0.15) is 0 Å². The zero-order chi connectivity index (χ0) is 10.8. The summed E-state index contributed by atoms with van der Waals surface area (Å²) >= 11 is 0. The molecule has 15 heavy (non-hydrogen) atoms. The van der Waals surface area contributed by atoms with Crippen molar-refractivity contribution in [3.05, 3.63) is 0 Å². The van der Waals surface area contributed by atoms with Gasteiger partial charge in [0.15, 0.2) is 0 Å². The van der Waals surface area contributed by atoms with Gasteiger partial charge in [-0.25, -0.2) is 0 Å². The summed E-state index contributed by atoms with van der Waals surface area (Å²) in [5.41, 5.74) is 0. The first kappa shape index (κ1) is 10.9. The van der Waals surface area contributed by atoms with Gasteiger partial charge in [0.05, 0.1) is 5.92 Å². The van der Waals surface area contributed by atoms with Crippen molar-refractivity contribution in [1.82, 2.24) is 4.90 Å². The van der Waals surface area contributed by atoms with Crippen LogP contribution in [0.1, 0.15) is 32.6 Å². The number of piperidine rings is 3. The maximum Gasteiger partial charge on any atom is 0.306 e. The Morgan fingerprint density at radius 3 is 2.53 bits per heavy atom. The molecular weight excluding hydrogens is 190 g/mol. The maximum absolute atomic E-state index is 11.0. The summed E-state index contributed by atoms with van der Waals surface area (Å²) in [6, 6.07) is 0. The first-order chi connectivity index (χ1) is 7.20. The molecule has 2 bridgehead atoms. The molecule has 3 heteroatoms. The van der Waals surface area contributed by atoms with Crippen LogP contribution in [-0.2, 0) is 4.79 Å². The quantitative estimate of drug-likeness (QED) is 0.771. The lowest BCUT2D eigenvalue weighted by Crippen LogP contribution is -2.48. The number of carbonyl (C=O) groups is 1. The van der Waals surface area contributed by atoms with Crippen LogP contribution in [0, 0.1) is 17.8 Å². The van der Waals surface area contributed by atoms with Crippen LogP contribution in [-0.4, -0.2) is 35.6 Å². The molecule has 0 spiro atoms. The van der Waals surface area contributed by atoms with Gasteiger partial charge in [0, 0.05) is 6.54 Å². The third-order valence-electron chi connectivity index (χ3n) is 4.22. The standard InChI is InChI=1S/C12H21NO2/c1-2-9(12(14)15)7-11-8-13-5-3-10(11)4-6-13/h9-11H,2-8H2,1H3,(H,14,15). The number of hydrogen-bond donors (Lipinski definition) is 1. The third kappa shape index (κ3) is 2.33. The smallest absolute Gasteiger partial charge is 0.306 e. The lowest BCUT2D eigenvalue weighted by molar-refractivity contribution is -0.143. The molecule has 3 aliphatic rings. The van der Waals surface area contributed by atoms with Gasteiger partial charge in [0.2, 0.25) is 0 Å². The van der Waals surface area contributed by atoms with Crippen molar-refractivity contribution in [1.29, 1.82) is 0 Å². The molecule has 2 unspecified atom stereocenters. The van der Waals surface area contributed by atoms with Gasteiger partial charge in [0.25, 0.3) is 0 Å². The summed E-state index contributed by atoms with van der Waals surface area (Å²) in [4.78, 5) is 13.5. The predicted molar refractivity (Wildman–Crippen MR) is 58.7 cm³/mol. The fraction of sp³-hybridized carbons (Fsp3) is 0.917. The van der Waals surface area contributed by atoms with Crippen LogP contribution < -0.4 is 0 Å². The number of carboxylic acids is 1. The zero-order valence-electron chi connectivity index (χ0n) is 9.48. The molecule has 0 amide bonds. The van der Waals surface area contributed by atoms with Crippen LogP contribution in [0.4, 0.5) is 0 Å². The van der Waals surface area contributed by atoms with Crippen molar-refractivity contribution in [2.75, 3.05) is 19.6 Å². The molecule has 3 aliphatic heterocycles. The van der Waals surface area contributed by atoms with Gasteiger partial charge >= 0.3 is 5.97 Å². The minimum Gasteiger partial charge on any atom is -0.481 e. The SMILES string of the molecule is CCC(CC1CN2CCC1CC2)C(=O)O. The van der Waals surface area contributed by atoms with E-state index < -0.39 is 5.97 Å². The van der Waals surface area contributed by atoms with E-state index in [1.165, 1.54) is 25.9 Å². The van der Waals surface area contributed by atoms with Crippen LogP contribution in [0.5, 0.6) is 0 Å². The van der Waals surface area contributed by atoms with E-state index in [1.54, 1.807) is 0 Å². The second-order valence-corrected chi connectivity index (χ2v) is 5.08. The second kappa shape index (κ2) is 4.52. The van der Waals surface area contributed by atoms with Crippen LogP contribution in [0.15, 0.2) is 0 Å². The van der Waals surface area contributed by atoms with E-state index in [0.29, 0.717) is 5.92 Å². The Labute approximate surface area is 91.5 Å². The number of hydrogen-bond acceptors (Lipinski definition) is 2. The Hall–Kier alpha value is -0.570. The first-order valence-corrected chi connectivity index (χ1v) is 6.16. The van der Waals surface area contributed by atoms with Gasteiger partial charge in [-0.15, -0.1) is 0 Å². The highest BCUT2D eigenvalue weighted by atomic mass is 16.4. The van der Waals surface area contributed by atoms with Gasteiger partial charge in [-0.3, -0.25) is 4.79 Å². The van der Waals surface area contributed by atoms with Crippen molar-refractivity contribution >= 4 is 5.97 Å². The molecule has 0 aromatic carbocycles. The molecule has 3 heterocycles. The van der Waals surface area contributed by atoms with Crippen molar-refractivity contribution in [3.63, 3.8) is 0 Å². The summed E-state index contributed by atoms with van der Waals surface area (Å²) in [6.45, 7) is 5.62. The highest BCUT2D eigenvalue weighted by Crippen LogP contribution is 2.36. The number of nitrogens with zero attached hydrogens (tertiary/aromatic N) is 1. The molecular formula is C12H21NO2. The fourth-order valence-corrected chi connectivity index (χ4v) is 3.16. The summed E-state index contributed by atoms with van der Waals surface area (Å²) in [7, 11) is 0. The molecule has 3 saturated heterocycles. The molecule has 0 aromatic rings. The minimum atomic E-state index is -0.603. The van der Waals surface area contributed by atoms with Crippen molar-refractivity contribution in [3.8, 4) is 0 Å². The Bertz CT molecular complexity index is 234. The zero-order valence-corrected chi connectivity index (χ0v) is 9.48. The summed E-state index contributed by atoms with van der Waals surface area (Å²) in [5, 5.41) is 9.06. The van der Waals surface area contributed by atoms with Gasteiger partial charge in [-0.1, -0.05) is 6.92 Å². The van der Waals surface area contributed by atoms with Gasteiger partial charge in [0.1, 0.15) is 0 Å². The molecule has 3 fully saturated rings. The number of aliphatic carboxylic acids is 1. The average molecular weight is 211 g/mol. The van der Waals surface area contributed by atoms with E-state index in [9.17, 15) is 4.79 Å². The second-order valence-electron chi connectivity index (χ2n) is 5.08. The molecule has 86 valence electrons. The first-order valence-electron chi connectivity index (χ1n) is 6.16. The molecule has 2 atom stereocenters. The van der Waals surface area contributed by atoms with E-state index in [2.05, 4.69) is 4.90 Å². The van der Waals surface area contributed by atoms with Gasteiger partial charge < -0.3 is 10.0 Å². The van der Waals surface area contributed by atoms with Crippen molar-refractivity contribution < 1.29 is 9.90 Å². The van der Waals surface area contributed by atoms with E-state index in [4.69, 9.17) is 5.11 Å². The van der Waals surface area contributed by atoms with Crippen LogP contribution in [0.25, 0.3) is 0 Å². The molecule has 0 aliphatic carbocycles. The highest BCUT2D eigenvalue weighted by molar-refractivity contribution is 5.69. The third-order valence-corrected chi connectivity index (χ3v) is 4.22. The Morgan fingerprint density at radius 1 is 1.47 bits per heavy atom. The van der Waals surface area contributed by atoms with E-state index in [0.717, 1.165) is 25.3 Å². The van der Waals surface area contributed by atoms with E-state index in [1.807, 2.05) is 6.92 Å². The largest absolute Gasteiger partial charge is 0.481 e. The summed E-state index contributed by atoms with van der Waals surface area (Å²) < 4.78 is 0. The van der Waals surface area contributed by atoms with Crippen LogP contribution in [0.3, 0.4) is 0 Å². The Kier molecular flexibility index (Phi) is 3.29. The maximum atomic E-state index is 11.0. The topological polar surface area (TPSA) is 40.5 Å². The lowest BCUT2D eigenvalue weighted by atomic mass is 9.74. The minimum absolute atomic E-state index is 0.115. The van der Waals surface area contributed by atoms with Gasteiger partial charge in [-0.05, 0) is 50.6 Å². The molecule has 0 saturated carbocycles. The number of carboxylic acid groups (broad SMARTS) is 1. The molecule has 3 rings (SSSR count). The lowest BCUT2D eigenvalue weighted by Gasteiger charge is -2.45. The number of fused-ring (bicyclic) bond motifs is 3. The van der Waals surface area contributed by atoms with Crippen molar-refractivity contribution in [2.45, 2.75) is 32.6 Å². The van der Waals surface area contributed by atoms with Crippen molar-refractivity contribution in [2.24, 2.45) is 17.8 Å². The molecule has 0 aromatic heterocycles. The van der Waals surface area contributed by atoms with Crippen LogP contribution >= 0.6 is 0 Å². The Balaban J connectivity index is 1.91. The predicted octanol–water partition coefficient (Wildman–Crippen LogP) is 1.83.